The van der Waals surface area contributed by atoms with Crippen LogP contribution < -0.4 is 4.74 Å². The summed E-state index contributed by atoms with van der Waals surface area (Å²) in [5, 5.41) is 9.22. The number of ether oxygens (including phenoxy) is 1. The van der Waals surface area contributed by atoms with Crippen LogP contribution in [0.4, 0.5) is 0 Å². The maximum absolute atomic E-state index is 8.75. The summed E-state index contributed by atoms with van der Waals surface area (Å²) in [5.41, 5.74) is 0.494. The minimum atomic E-state index is 0.305. The predicted octanol–water partition coefficient (Wildman–Crippen LogP) is 3.78. The van der Waals surface area contributed by atoms with Gasteiger partial charge >= 0.3 is 0 Å². The third-order valence-corrected chi connectivity index (χ3v) is 3.32. The van der Waals surface area contributed by atoms with Crippen molar-refractivity contribution in [1.82, 2.24) is 0 Å². The second-order valence-corrected chi connectivity index (χ2v) is 4.82. The molecule has 0 amide bonds. The highest BCUT2D eigenvalue weighted by Gasteiger charge is 2.22. The molecule has 0 aliphatic heterocycles. The number of hydrogen-bond acceptors (Lipinski definition) is 2. The largest absolute Gasteiger partial charge is 0.490 e. The van der Waals surface area contributed by atoms with Crippen molar-refractivity contribution < 1.29 is 4.74 Å². The van der Waals surface area contributed by atoms with Gasteiger partial charge in [0.2, 0.25) is 0 Å². The van der Waals surface area contributed by atoms with Gasteiger partial charge in [0.15, 0.2) is 0 Å². The fraction of sp³-hybridized carbons (Fsp3) is 0.462. The van der Waals surface area contributed by atoms with Gasteiger partial charge in [-0.05, 0) is 37.3 Å². The molecule has 0 radical (unpaired) electrons. The first-order valence-corrected chi connectivity index (χ1v) is 5.93. The van der Waals surface area contributed by atoms with Gasteiger partial charge in [0.25, 0.3) is 0 Å². The van der Waals surface area contributed by atoms with Gasteiger partial charge in [-0.3, -0.25) is 0 Å². The van der Waals surface area contributed by atoms with Crippen LogP contribution in [0, 0.1) is 17.2 Å². The fourth-order valence-electron chi connectivity index (χ4n) is 2.11. The molecule has 0 spiro atoms. The molecular formula is C13H14ClNO. The number of nitriles is 1. The molecule has 1 aliphatic carbocycles. The second-order valence-electron chi connectivity index (χ2n) is 4.41. The van der Waals surface area contributed by atoms with Crippen molar-refractivity contribution in [2.45, 2.75) is 32.3 Å². The topological polar surface area (TPSA) is 33.0 Å². The standard InChI is InChI=1S/C13H14ClNO/c1-9-2-4-11(6-9)16-12-5-3-10(8-15)13(14)7-12/h3,5,7,9,11H,2,4,6H2,1H3/t9-,11-/m1/s1. The Kier molecular flexibility index (Phi) is 3.36. The summed E-state index contributed by atoms with van der Waals surface area (Å²) in [6, 6.07) is 7.28. The van der Waals surface area contributed by atoms with Crippen LogP contribution >= 0.6 is 11.6 Å². The van der Waals surface area contributed by atoms with Crippen LogP contribution in [0.15, 0.2) is 18.2 Å². The molecule has 0 heterocycles. The summed E-state index contributed by atoms with van der Waals surface area (Å²) >= 11 is 5.94. The minimum Gasteiger partial charge on any atom is -0.490 e. The Labute approximate surface area is 101 Å². The molecule has 0 aromatic heterocycles. The average molecular weight is 236 g/mol. The highest BCUT2D eigenvalue weighted by atomic mass is 35.5. The van der Waals surface area contributed by atoms with Gasteiger partial charge in [-0.15, -0.1) is 0 Å². The first kappa shape index (κ1) is 11.3. The van der Waals surface area contributed by atoms with E-state index >= 15 is 0 Å². The van der Waals surface area contributed by atoms with E-state index in [9.17, 15) is 0 Å². The van der Waals surface area contributed by atoms with E-state index in [0.29, 0.717) is 16.7 Å². The van der Waals surface area contributed by atoms with Gasteiger partial charge in [-0.25, -0.2) is 0 Å². The van der Waals surface area contributed by atoms with E-state index in [4.69, 9.17) is 21.6 Å². The molecule has 1 aromatic rings. The van der Waals surface area contributed by atoms with Crippen LogP contribution in [-0.2, 0) is 0 Å². The maximum atomic E-state index is 8.75. The van der Waals surface area contributed by atoms with Crippen molar-refractivity contribution in [3.05, 3.63) is 28.8 Å². The van der Waals surface area contributed by atoms with E-state index in [1.807, 2.05) is 12.1 Å². The summed E-state index contributed by atoms with van der Waals surface area (Å²) in [7, 11) is 0. The van der Waals surface area contributed by atoms with Crippen LogP contribution in [0.5, 0.6) is 5.75 Å². The normalized spacial score (nSPS) is 24.1. The second kappa shape index (κ2) is 4.76. The third kappa shape index (κ3) is 2.48. The molecule has 3 heteroatoms. The smallest absolute Gasteiger partial charge is 0.121 e. The molecule has 84 valence electrons. The van der Waals surface area contributed by atoms with Crippen LogP contribution in [0.25, 0.3) is 0 Å². The van der Waals surface area contributed by atoms with Crippen LogP contribution in [0.1, 0.15) is 31.7 Å². The zero-order valence-electron chi connectivity index (χ0n) is 9.24. The summed E-state index contributed by atoms with van der Waals surface area (Å²) < 4.78 is 5.83. The fourth-order valence-corrected chi connectivity index (χ4v) is 2.33. The van der Waals surface area contributed by atoms with E-state index in [1.165, 1.54) is 6.42 Å². The molecular weight excluding hydrogens is 222 g/mol. The van der Waals surface area contributed by atoms with Crippen molar-refractivity contribution in [2.75, 3.05) is 0 Å². The molecule has 1 aromatic carbocycles. The molecule has 1 fully saturated rings. The van der Waals surface area contributed by atoms with Crippen LogP contribution in [-0.4, -0.2) is 6.10 Å². The van der Waals surface area contributed by atoms with Gasteiger partial charge in [0.1, 0.15) is 11.8 Å². The van der Waals surface area contributed by atoms with E-state index in [2.05, 4.69) is 6.92 Å². The lowest BCUT2D eigenvalue weighted by Gasteiger charge is -2.13. The first-order chi connectivity index (χ1) is 7.69. The molecule has 0 unspecified atom stereocenters. The molecule has 16 heavy (non-hydrogen) atoms. The summed E-state index contributed by atoms with van der Waals surface area (Å²) in [6.07, 6.45) is 3.75. The molecule has 2 rings (SSSR count). The highest BCUT2D eigenvalue weighted by molar-refractivity contribution is 6.31. The zero-order valence-corrected chi connectivity index (χ0v) is 10.00. The summed E-state index contributed by atoms with van der Waals surface area (Å²) in [5.74, 6) is 1.52. The quantitative estimate of drug-likeness (QED) is 0.782. The Morgan fingerprint density at radius 2 is 2.25 bits per heavy atom. The van der Waals surface area contributed by atoms with E-state index < -0.39 is 0 Å². The van der Waals surface area contributed by atoms with Crippen molar-refractivity contribution in [3.63, 3.8) is 0 Å². The van der Waals surface area contributed by atoms with E-state index in [-0.39, 0.29) is 0 Å². The van der Waals surface area contributed by atoms with E-state index in [0.717, 1.165) is 24.5 Å². The van der Waals surface area contributed by atoms with Crippen molar-refractivity contribution >= 4 is 11.6 Å². The Morgan fingerprint density at radius 3 is 2.81 bits per heavy atom. The minimum absolute atomic E-state index is 0.305. The van der Waals surface area contributed by atoms with Gasteiger partial charge in [-0.2, -0.15) is 5.26 Å². The number of nitrogens with zero attached hydrogens (tertiary/aromatic N) is 1. The Morgan fingerprint density at radius 1 is 1.44 bits per heavy atom. The molecule has 1 saturated carbocycles. The zero-order chi connectivity index (χ0) is 11.5. The lowest BCUT2D eigenvalue weighted by Crippen LogP contribution is -2.11. The Hall–Kier alpha value is -1.20. The molecule has 2 atom stereocenters. The predicted molar refractivity (Wildman–Crippen MR) is 63.6 cm³/mol. The first-order valence-electron chi connectivity index (χ1n) is 5.55. The number of hydrogen-bond donors (Lipinski definition) is 0. The third-order valence-electron chi connectivity index (χ3n) is 3.01. The maximum Gasteiger partial charge on any atom is 0.121 e. The van der Waals surface area contributed by atoms with Gasteiger partial charge in [0.05, 0.1) is 16.7 Å². The lowest BCUT2D eigenvalue weighted by atomic mass is 10.1. The molecule has 0 bridgehead atoms. The SMILES string of the molecule is C[C@@H]1CC[C@@H](Oc2ccc(C#N)c(Cl)c2)C1. The highest BCUT2D eigenvalue weighted by Crippen LogP contribution is 2.30. The van der Waals surface area contributed by atoms with Gasteiger partial charge in [-0.1, -0.05) is 18.5 Å². The Balaban J connectivity index is 2.05. The molecule has 1 aliphatic rings. The summed E-state index contributed by atoms with van der Waals surface area (Å²) in [6.45, 7) is 2.25. The van der Waals surface area contributed by atoms with Gasteiger partial charge < -0.3 is 4.74 Å². The monoisotopic (exact) mass is 235 g/mol. The number of halogens is 1. The lowest BCUT2D eigenvalue weighted by molar-refractivity contribution is 0.205. The summed E-state index contributed by atoms with van der Waals surface area (Å²) in [4.78, 5) is 0. The molecule has 0 saturated heterocycles. The van der Waals surface area contributed by atoms with Crippen molar-refractivity contribution in [3.8, 4) is 11.8 Å². The van der Waals surface area contributed by atoms with Crippen molar-refractivity contribution in [2.24, 2.45) is 5.92 Å². The average Bonchev–Trinajstić information content (AvgIpc) is 2.64. The van der Waals surface area contributed by atoms with Crippen LogP contribution in [0.2, 0.25) is 5.02 Å². The van der Waals surface area contributed by atoms with E-state index in [1.54, 1.807) is 12.1 Å². The van der Waals surface area contributed by atoms with Crippen molar-refractivity contribution in [1.29, 1.82) is 5.26 Å². The van der Waals surface area contributed by atoms with Gasteiger partial charge in [0, 0.05) is 6.07 Å². The number of rotatable bonds is 2. The molecule has 2 nitrogen and oxygen atoms in total. The Bertz CT molecular complexity index is 424. The van der Waals surface area contributed by atoms with Crippen LogP contribution in [0.3, 0.4) is 0 Å². The number of benzene rings is 1. The molecule has 0 N–H and O–H groups in total.